The number of carbonyl (C=O) groups is 1. The van der Waals surface area contributed by atoms with Crippen LogP contribution >= 0.6 is 24.0 Å². The molecule has 2 aliphatic heterocycles. The Morgan fingerprint density at radius 3 is 2.41 bits per heavy atom. The Labute approximate surface area is 224 Å². The fourth-order valence-electron chi connectivity index (χ4n) is 4.61. The number of benzene rings is 1. The van der Waals surface area contributed by atoms with E-state index in [9.17, 15) is 19.2 Å². The number of hydrogen-bond donors (Lipinski definition) is 0. The third-order valence-electron chi connectivity index (χ3n) is 6.60. The third kappa shape index (κ3) is 5.28. The van der Waals surface area contributed by atoms with Gasteiger partial charge < -0.3 is 14.5 Å². The molecule has 4 rings (SSSR count). The van der Waals surface area contributed by atoms with Crippen LogP contribution in [0.3, 0.4) is 0 Å². The summed E-state index contributed by atoms with van der Waals surface area (Å²) in [6, 6.07) is 8.47. The Bertz CT molecular complexity index is 1340. The first-order valence-electron chi connectivity index (χ1n) is 12.0. The number of ether oxygens (including phenoxy) is 1. The lowest BCUT2D eigenvalue weighted by Gasteiger charge is -2.39. The minimum Gasteiger partial charge on any atom is -0.383 e. The van der Waals surface area contributed by atoms with E-state index in [-0.39, 0.29) is 22.8 Å². The molecular weight excluding hydrogens is 513 g/mol. The van der Waals surface area contributed by atoms with Gasteiger partial charge >= 0.3 is 0 Å². The molecule has 2 saturated heterocycles. The fraction of sp³-hybridized carbons (Fsp3) is 0.385. The average Bonchev–Trinajstić information content (AvgIpc) is 3.16. The fourth-order valence-corrected chi connectivity index (χ4v) is 5.90. The van der Waals surface area contributed by atoms with Crippen LogP contribution < -0.4 is 15.4 Å². The van der Waals surface area contributed by atoms with E-state index >= 15 is 0 Å². The van der Waals surface area contributed by atoms with Gasteiger partial charge in [-0.25, -0.2) is 4.39 Å². The van der Waals surface area contributed by atoms with Crippen molar-refractivity contribution in [3.8, 4) is 6.07 Å². The monoisotopic (exact) mass is 541 g/mol. The Morgan fingerprint density at radius 1 is 1.16 bits per heavy atom. The van der Waals surface area contributed by atoms with Crippen LogP contribution in [0.4, 0.5) is 15.9 Å². The maximum atomic E-state index is 13.4. The van der Waals surface area contributed by atoms with Crippen LogP contribution in [-0.2, 0) is 16.1 Å². The van der Waals surface area contributed by atoms with Gasteiger partial charge in [-0.1, -0.05) is 24.0 Å². The van der Waals surface area contributed by atoms with Crippen LogP contribution in [0.15, 0.2) is 34.0 Å². The number of nitrogens with zero attached hydrogens (tertiary/aromatic N) is 5. The van der Waals surface area contributed by atoms with E-state index in [0.29, 0.717) is 72.0 Å². The molecule has 3 heterocycles. The van der Waals surface area contributed by atoms with Crippen molar-refractivity contribution >= 4 is 51.8 Å². The first kappa shape index (κ1) is 26.9. The number of hydrogen-bond acceptors (Lipinski definition) is 8. The van der Waals surface area contributed by atoms with Crippen LogP contribution in [0.25, 0.3) is 6.08 Å². The number of thioether (sulfide) groups is 1. The van der Waals surface area contributed by atoms with Crippen LogP contribution in [0.2, 0.25) is 0 Å². The molecule has 0 unspecified atom stereocenters. The number of pyridine rings is 1. The number of carbonyl (C=O) groups excluding carboxylic acids is 1. The number of anilines is 2. The zero-order valence-corrected chi connectivity index (χ0v) is 22.6. The highest BCUT2D eigenvalue weighted by atomic mass is 32.2. The molecule has 0 spiro atoms. The van der Waals surface area contributed by atoms with Crippen molar-refractivity contribution in [3.05, 3.63) is 62.0 Å². The summed E-state index contributed by atoms with van der Waals surface area (Å²) in [5.74, 6) is 0.191. The molecule has 0 N–H and O–H groups in total. The molecular formula is C26H28FN5O3S2. The summed E-state index contributed by atoms with van der Waals surface area (Å²) in [4.78, 5) is 32.6. The van der Waals surface area contributed by atoms with Crippen molar-refractivity contribution in [1.29, 1.82) is 5.26 Å². The molecule has 1 aromatic heterocycles. The molecule has 2 fully saturated rings. The van der Waals surface area contributed by atoms with Crippen molar-refractivity contribution in [1.82, 2.24) is 9.47 Å². The van der Waals surface area contributed by atoms with E-state index in [1.54, 1.807) is 36.8 Å². The highest BCUT2D eigenvalue weighted by Crippen LogP contribution is 2.36. The standard InChI is InChI=1S/C26H28FN5O3S2/c1-4-31-23(30-11-9-29(10-12-30)19-7-5-18(27)6-8-19)20(17(2)21(16-28)24(31)33)15-22-25(34)32(13-14-35-3)26(36)37-22/h5-8,15H,4,9-14H2,1-3H3/b22-15-. The largest absolute Gasteiger partial charge is 0.383 e. The van der Waals surface area contributed by atoms with Gasteiger partial charge in [0.15, 0.2) is 0 Å². The van der Waals surface area contributed by atoms with E-state index in [1.807, 2.05) is 6.92 Å². The summed E-state index contributed by atoms with van der Waals surface area (Å²) in [6.07, 6.45) is 1.76. The van der Waals surface area contributed by atoms with Gasteiger partial charge in [0.2, 0.25) is 0 Å². The number of halogens is 1. The summed E-state index contributed by atoms with van der Waals surface area (Å²) in [5.41, 5.74) is 1.86. The lowest BCUT2D eigenvalue weighted by Crippen LogP contribution is -2.48. The molecule has 0 saturated carbocycles. The predicted octanol–water partition coefficient (Wildman–Crippen LogP) is 3.36. The zero-order valence-electron chi connectivity index (χ0n) is 21.0. The summed E-state index contributed by atoms with van der Waals surface area (Å²) in [7, 11) is 1.57. The Hall–Kier alpha value is -3.20. The van der Waals surface area contributed by atoms with Gasteiger partial charge in [-0.05, 0) is 49.8 Å². The highest BCUT2D eigenvalue weighted by molar-refractivity contribution is 8.26. The molecule has 11 heteroatoms. The number of piperazine rings is 1. The summed E-state index contributed by atoms with van der Waals surface area (Å²) in [6.45, 7) is 7.25. The first-order valence-corrected chi connectivity index (χ1v) is 13.2. The molecule has 1 aromatic carbocycles. The van der Waals surface area contributed by atoms with Gasteiger partial charge in [0, 0.05) is 51.1 Å². The Balaban J connectivity index is 1.74. The normalized spacial score (nSPS) is 17.2. The molecule has 194 valence electrons. The molecule has 0 radical (unpaired) electrons. The Morgan fingerprint density at radius 2 is 1.81 bits per heavy atom. The minimum absolute atomic E-state index is 0.0664. The zero-order chi connectivity index (χ0) is 26.7. The van der Waals surface area contributed by atoms with Crippen molar-refractivity contribution in [2.75, 3.05) is 56.2 Å². The molecule has 0 atom stereocenters. The summed E-state index contributed by atoms with van der Waals surface area (Å²) in [5, 5.41) is 9.77. The van der Waals surface area contributed by atoms with Crippen molar-refractivity contribution in [2.24, 2.45) is 0 Å². The molecule has 0 aliphatic carbocycles. The van der Waals surface area contributed by atoms with Crippen molar-refractivity contribution < 1.29 is 13.9 Å². The van der Waals surface area contributed by atoms with E-state index in [1.165, 1.54) is 28.8 Å². The molecule has 1 amide bonds. The number of rotatable bonds is 7. The van der Waals surface area contributed by atoms with E-state index in [2.05, 4.69) is 15.9 Å². The second-order valence-corrected chi connectivity index (χ2v) is 10.4. The smallest absolute Gasteiger partial charge is 0.270 e. The minimum atomic E-state index is -0.344. The predicted molar refractivity (Wildman–Crippen MR) is 148 cm³/mol. The van der Waals surface area contributed by atoms with Gasteiger partial charge in [0.1, 0.15) is 27.6 Å². The van der Waals surface area contributed by atoms with Crippen molar-refractivity contribution in [3.63, 3.8) is 0 Å². The molecule has 37 heavy (non-hydrogen) atoms. The lowest BCUT2D eigenvalue weighted by atomic mass is 10.0. The number of methoxy groups -OCH3 is 1. The topological polar surface area (TPSA) is 81.8 Å². The van der Waals surface area contributed by atoms with Crippen LogP contribution in [0.1, 0.15) is 23.6 Å². The second kappa shape index (κ2) is 11.5. The summed E-state index contributed by atoms with van der Waals surface area (Å²) < 4.78 is 20.5. The van der Waals surface area contributed by atoms with Gasteiger partial charge in [-0.2, -0.15) is 5.26 Å². The van der Waals surface area contributed by atoms with Gasteiger partial charge in [0.25, 0.3) is 11.5 Å². The molecule has 2 aromatic rings. The molecule has 0 bridgehead atoms. The highest BCUT2D eigenvalue weighted by Gasteiger charge is 2.33. The summed E-state index contributed by atoms with van der Waals surface area (Å²) >= 11 is 6.63. The maximum Gasteiger partial charge on any atom is 0.270 e. The first-order chi connectivity index (χ1) is 17.8. The van der Waals surface area contributed by atoms with Crippen LogP contribution in [0.5, 0.6) is 0 Å². The number of amides is 1. The van der Waals surface area contributed by atoms with E-state index in [0.717, 1.165) is 5.69 Å². The Kier molecular flexibility index (Phi) is 8.32. The number of aromatic nitrogens is 1. The van der Waals surface area contributed by atoms with Gasteiger partial charge in [-0.15, -0.1) is 0 Å². The number of thiocarbonyl (C=S) groups is 1. The lowest BCUT2D eigenvalue weighted by molar-refractivity contribution is -0.122. The van der Waals surface area contributed by atoms with Gasteiger partial charge in [-0.3, -0.25) is 19.1 Å². The molecule has 2 aliphatic rings. The maximum absolute atomic E-state index is 13.4. The van der Waals surface area contributed by atoms with Crippen LogP contribution in [-0.4, -0.2) is 66.1 Å². The third-order valence-corrected chi connectivity index (χ3v) is 7.98. The van der Waals surface area contributed by atoms with Crippen LogP contribution in [0, 0.1) is 24.1 Å². The van der Waals surface area contributed by atoms with E-state index < -0.39 is 0 Å². The van der Waals surface area contributed by atoms with E-state index in [4.69, 9.17) is 17.0 Å². The quantitative estimate of drug-likeness (QED) is 0.390. The molecule has 8 nitrogen and oxygen atoms in total. The average molecular weight is 542 g/mol. The van der Waals surface area contributed by atoms with Gasteiger partial charge in [0.05, 0.1) is 18.1 Å². The number of nitriles is 1. The SMILES string of the molecule is CCn1c(N2CCN(c3ccc(F)cc3)CC2)c(/C=C2\SC(=S)N(CCOC)C2=O)c(C)c(C#N)c1=O. The second-order valence-electron chi connectivity index (χ2n) is 8.68. The van der Waals surface area contributed by atoms with Crippen molar-refractivity contribution in [2.45, 2.75) is 20.4 Å².